The number of ketones is 1. The molecule has 0 unspecified atom stereocenters. The number of H-pyrrole nitrogens is 2. The number of anilines is 1. The highest BCUT2D eigenvalue weighted by Gasteiger charge is 2.21. The van der Waals surface area contributed by atoms with E-state index < -0.39 is 0 Å². The lowest BCUT2D eigenvalue weighted by Crippen LogP contribution is -2.44. The number of likely N-dealkylation sites (N-methyl/N-ethyl adjacent to an activating group) is 1. The summed E-state index contributed by atoms with van der Waals surface area (Å²) in [6.45, 7) is 6.15. The molecule has 0 atom stereocenters. The van der Waals surface area contributed by atoms with Crippen molar-refractivity contribution < 1.29 is 4.79 Å². The minimum Gasteiger partial charge on any atom is -0.369 e. The Morgan fingerprint density at radius 2 is 1.97 bits per heavy atom. The molecule has 5 rings (SSSR count). The third kappa shape index (κ3) is 3.27. The van der Waals surface area contributed by atoms with Crippen LogP contribution in [0.5, 0.6) is 0 Å². The zero-order valence-electron chi connectivity index (χ0n) is 16.7. The molecule has 7 nitrogen and oxygen atoms in total. The Labute approximate surface area is 169 Å². The second-order valence-electron chi connectivity index (χ2n) is 7.83. The predicted octanol–water partition coefficient (Wildman–Crippen LogP) is 2.79. The van der Waals surface area contributed by atoms with E-state index in [2.05, 4.69) is 44.2 Å². The lowest BCUT2D eigenvalue weighted by atomic mass is 9.93. The summed E-state index contributed by atoms with van der Waals surface area (Å²) in [4.78, 5) is 25.4. The van der Waals surface area contributed by atoms with E-state index in [9.17, 15) is 4.79 Å². The SMILES string of the molecule is Cc1[nH]ncc1C1=CCC(=O)C(c2nc3ccc(N4CCN(C)CC4)cc3[nH]2)=C1. The summed E-state index contributed by atoms with van der Waals surface area (Å²) in [5.41, 5.74) is 6.67. The van der Waals surface area contributed by atoms with Gasteiger partial charge in [-0.1, -0.05) is 6.08 Å². The molecule has 3 aromatic rings. The van der Waals surface area contributed by atoms with E-state index in [4.69, 9.17) is 4.98 Å². The number of benzene rings is 1. The van der Waals surface area contributed by atoms with Crippen LogP contribution < -0.4 is 4.90 Å². The highest BCUT2D eigenvalue weighted by atomic mass is 16.1. The molecule has 2 aliphatic rings. The summed E-state index contributed by atoms with van der Waals surface area (Å²) in [5.74, 6) is 0.709. The number of aromatic nitrogens is 4. The van der Waals surface area contributed by atoms with E-state index in [1.54, 1.807) is 6.20 Å². The quantitative estimate of drug-likeness (QED) is 0.721. The molecule has 148 valence electrons. The molecule has 1 aliphatic heterocycles. The Bertz CT molecular complexity index is 1140. The first-order valence-corrected chi connectivity index (χ1v) is 9.97. The maximum atomic E-state index is 12.6. The Morgan fingerprint density at radius 3 is 2.72 bits per heavy atom. The van der Waals surface area contributed by atoms with Gasteiger partial charge >= 0.3 is 0 Å². The van der Waals surface area contributed by atoms with Gasteiger partial charge in [-0.3, -0.25) is 9.89 Å². The molecular weight excluding hydrogens is 364 g/mol. The molecule has 3 heterocycles. The van der Waals surface area contributed by atoms with Gasteiger partial charge in [-0.15, -0.1) is 0 Å². The second-order valence-corrected chi connectivity index (χ2v) is 7.83. The van der Waals surface area contributed by atoms with Crippen molar-refractivity contribution in [3.05, 3.63) is 53.6 Å². The third-order valence-corrected chi connectivity index (χ3v) is 5.84. The fourth-order valence-electron chi connectivity index (χ4n) is 4.02. The third-order valence-electron chi connectivity index (χ3n) is 5.84. The molecule has 0 radical (unpaired) electrons. The minimum atomic E-state index is 0.0771. The lowest BCUT2D eigenvalue weighted by Gasteiger charge is -2.34. The van der Waals surface area contributed by atoms with Gasteiger partial charge in [-0.2, -0.15) is 5.10 Å². The largest absolute Gasteiger partial charge is 0.369 e. The van der Waals surface area contributed by atoms with Gasteiger partial charge in [0.25, 0.3) is 0 Å². The van der Waals surface area contributed by atoms with Crippen LogP contribution in [0.4, 0.5) is 5.69 Å². The Balaban J connectivity index is 1.48. The number of nitrogens with one attached hydrogen (secondary N) is 2. The fraction of sp³-hybridized carbons (Fsp3) is 0.318. The summed E-state index contributed by atoms with van der Waals surface area (Å²) in [6, 6.07) is 6.30. The molecule has 0 bridgehead atoms. The average molecular weight is 388 g/mol. The first-order chi connectivity index (χ1) is 14.1. The zero-order chi connectivity index (χ0) is 20.0. The number of carbonyl (C=O) groups is 1. The number of imidazole rings is 1. The van der Waals surface area contributed by atoms with Crippen molar-refractivity contribution in [1.82, 2.24) is 25.1 Å². The van der Waals surface area contributed by atoms with Crippen molar-refractivity contribution in [2.24, 2.45) is 0 Å². The Morgan fingerprint density at radius 1 is 1.14 bits per heavy atom. The second kappa shape index (κ2) is 7.00. The van der Waals surface area contributed by atoms with Gasteiger partial charge in [0, 0.05) is 49.5 Å². The van der Waals surface area contributed by atoms with Crippen LogP contribution in [0.2, 0.25) is 0 Å². The highest BCUT2D eigenvalue weighted by molar-refractivity contribution is 6.24. The van der Waals surface area contributed by atoms with Gasteiger partial charge in [0.15, 0.2) is 5.78 Å². The summed E-state index contributed by atoms with van der Waals surface area (Å²) >= 11 is 0. The minimum absolute atomic E-state index is 0.0771. The number of fused-ring (bicyclic) bond motifs is 1. The molecule has 1 aromatic carbocycles. The zero-order valence-corrected chi connectivity index (χ0v) is 16.7. The molecule has 7 heteroatoms. The van der Waals surface area contributed by atoms with Crippen LogP contribution in [0, 0.1) is 6.92 Å². The van der Waals surface area contributed by atoms with Crippen LogP contribution in [0.25, 0.3) is 22.2 Å². The van der Waals surface area contributed by atoms with E-state index in [-0.39, 0.29) is 5.78 Å². The van der Waals surface area contributed by atoms with Crippen molar-refractivity contribution >= 4 is 33.7 Å². The van der Waals surface area contributed by atoms with Crippen molar-refractivity contribution in [2.75, 3.05) is 38.1 Å². The molecule has 1 saturated heterocycles. The van der Waals surface area contributed by atoms with E-state index >= 15 is 0 Å². The number of allylic oxidation sites excluding steroid dienone is 4. The molecule has 2 N–H and O–H groups in total. The monoisotopic (exact) mass is 388 g/mol. The average Bonchev–Trinajstić information content (AvgIpc) is 3.34. The van der Waals surface area contributed by atoms with Crippen molar-refractivity contribution in [3.63, 3.8) is 0 Å². The number of aromatic amines is 2. The van der Waals surface area contributed by atoms with Crippen LogP contribution >= 0.6 is 0 Å². The molecule has 29 heavy (non-hydrogen) atoms. The topological polar surface area (TPSA) is 80.9 Å². The van der Waals surface area contributed by atoms with Crippen LogP contribution in [0.3, 0.4) is 0 Å². The predicted molar refractivity (Wildman–Crippen MR) is 115 cm³/mol. The van der Waals surface area contributed by atoms with Crippen molar-refractivity contribution in [1.29, 1.82) is 0 Å². The number of rotatable bonds is 3. The number of nitrogens with zero attached hydrogens (tertiary/aromatic N) is 4. The standard InChI is InChI=1S/C22H24N6O/c1-14-18(13-23-26-14)15-3-6-21(29)17(11-15)22-24-19-5-4-16(12-20(19)25-22)28-9-7-27(2)8-10-28/h3-5,11-13H,6-10H2,1-2H3,(H,23,26)(H,24,25). The molecule has 0 saturated carbocycles. The lowest BCUT2D eigenvalue weighted by molar-refractivity contribution is -0.113. The number of Topliss-reactive ketones (excluding diaryl/α,β-unsaturated/α-hetero) is 1. The molecule has 0 amide bonds. The van der Waals surface area contributed by atoms with Gasteiger partial charge < -0.3 is 14.8 Å². The van der Waals surface area contributed by atoms with Crippen LogP contribution in [-0.2, 0) is 4.79 Å². The molecule has 0 spiro atoms. The van der Waals surface area contributed by atoms with E-state index in [0.29, 0.717) is 17.8 Å². The van der Waals surface area contributed by atoms with E-state index in [1.165, 1.54) is 5.69 Å². The van der Waals surface area contributed by atoms with Crippen LogP contribution in [-0.4, -0.2) is 64.1 Å². The van der Waals surface area contributed by atoms with E-state index in [0.717, 1.165) is 54.0 Å². The molecule has 1 fully saturated rings. The first kappa shape index (κ1) is 17.9. The van der Waals surface area contributed by atoms with Crippen molar-refractivity contribution in [3.8, 4) is 0 Å². The van der Waals surface area contributed by atoms with Gasteiger partial charge in [0.2, 0.25) is 0 Å². The van der Waals surface area contributed by atoms with Gasteiger partial charge in [0.05, 0.1) is 22.8 Å². The number of hydrogen-bond acceptors (Lipinski definition) is 5. The summed E-state index contributed by atoms with van der Waals surface area (Å²) in [7, 11) is 2.16. The normalized spacial score (nSPS) is 18.3. The van der Waals surface area contributed by atoms with Gasteiger partial charge in [-0.25, -0.2) is 4.98 Å². The van der Waals surface area contributed by atoms with E-state index in [1.807, 2.05) is 25.1 Å². The summed E-state index contributed by atoms with van der Waals surface area (Å²) < 4.78 is 0. The number of aryl methyl sites for hydroxylation is 1. The van der Waals surface area contributed by atoms with Crippen LogP contribution in [0.15, 0.2) is 36.5 Å². The maximum absolute atomic E-state index is 12.6. The smallest absolute Gasteiger partial charge is 0.170 e. The molecule has 2 aromatic heterocycles. The number of hydrogen-bond donors (Lipinski definition) is 2. The maximum Gasteiger partial charge on any atom is 0.170 e. The van der Waals surface area contributed by atoms with Gasteiger partial charge in [-0.05, 0) is 43.8 Å². The van der Waals surface area contributed by atoms with Crippen LogP contribution in [0.1, 0.15) is 23.5 Å². The highest BCUT2D eigenvalue weighted by Crippen LogP contribution is 2.30. The molecule has 1 aliphatic carbocycles. The van der Waals surface area contributed by atoms with Gasteiger partial charge in [0.1, 0.15) is 5.82 Å². The number of carbonyl (C=O) groups excluding carboxylic acids is 1. The molecular formula is C22H24N6O. The Hall–Kier alpha value is -3.19. The van der Waals surface area contributed by atoms with Crippen molar-refractivity contribution in [2.45, 2.75) is 13.3 Å². The Kier molecular flexibility index (Phi) is 4.32. The summed E-state index contributed by atoms with van der Waals surface area (Å²) in [5, 5.41) is 7.05. The first-order valence-electron chi connectivity index (χ1n) is 9.97. The summed E-state index contributed by atoms with van der Waals surface area (Å²) in [6.07, 6.45) is 6.04. The fourth-order valence-corrected chi connectivity index (χ4v) is 4.02. The number of piperazine rings is 1.